The second-order valence-corrected chi connectivity index (χ2v) is 6.17. The molecule has 0 amide bonds. The molecule has 0 bridgehead atoms. The lowest BCUT2D eigenvalue weighted by molar-refractivity contribution is -0.140. The average Bonchev–Trinajstić information content (AvgIpc) is 2.15. The van der Waals surface area contributed by atoms with Gasteiger partial charge in [0.1, 0.15) is 0 Å². The van der Waals surface area contributed by atoms with E-state index in [-0.39, 0.29) is 29.4 Å². The maximum absolute atomic E-state index is 11.2. The molecule has 1 saturated heterocycles. The van der Waals surface area contributed by atoms with Crippen molar-refractivity contribution in [1.82, 2.24) is 0 Å². The third-order valence-electron chi connectivity index (χ3n) is 2.80. The van der Waals surface area contributed by atoms with E-state index < -0.39 is 9.84 Å². The van der Waals surface area contributed by atoms with Gasteiger partial charge < -0.3 is 10.5 Å². The average molecular weight is 235 g/mol. The fourth-order valence-electron chi connectivity index (χ4n) is 1.82. The van der Waals surface area contributed by atoms with Gasteiger partial charge in [0.15, 0.2) is 9.84 Å². The molecule has 1 rings (SSSR count). The molecule has 88 valence electrons. The van der Waals surface area contributed by atoms with Gasteiger partial charge in [0, 0.05) is 12.5 Å². The Morgan fingerprint density at radius 2 is 2.20 bits per heavy atom. The molecule has 15 heavy (non-hydrogen) atoms. The molecule has 0 aromatic carbocycles. The number of nitrogens with two attached hydrogens (primary N) is 1. The second kappa shape index (κ2) is 4.94. The van der Waals surface area contributed by atoms with Crippen LogP contribution in [0.25, 0.3) is 0 Å². The Morgan fingerprint density at radius 3 is 2.73 bits per heavy atom. The normalized spacial score (nSPS) is 29.7. The second-order valence-electron chi connectivity index (χ2n) is 3.94. The number of sulfone groups is 1. The zero-order chi connectivity index (χ0) is 11.5. The van der Waals surface area contributed by atoms with E-state index in [2.05, 4.69) is 4.74 Å². The maximum Gasteiger partial charge on any atom is 0.305 e. The molecule has 0 spiro atoms. The van der Waals surface area contributed by atoms with Crippen molar-refractivity contribution in [3.63, 3.8) is 0 Å². The van der Waals surface area contributed by atoms with Crippen LogP contribution in [0, 0.1) is 5.92 Å². The van der Waals surface area contributed by atoms with Crippen LogP contribution in [0.2, 0.25) is 0 Å². The number of methoxy groups -OCH3 is 1. The number of hydrogen-bond donors (Lipinski definition) is 1. The van der Waals surface area contributed by atoms with Gasteiger partial charge in [-0.2, -0.15) is 0 Å². The van der Waals surface area contributed by atoms with Crippen molar-refractivity contribution in [1.29, 1.82) is 0 Å². The van der Waals surface area contributed by atoms with Crippen molar-refractivity contribution in [2.75, 3.05) is 18.6 Å². The lowest BCUT2D eigenvalue weighted by Gasteiger charge is -2.28. The minimum Gasteiger partial charge on any atom is -0.469 e. The summed E-state index contributed by atoms with van der Waals surface area (Å²) in [7, 11) is -1.61. The molecule has 0 saturated carbocycles. The van der Waals surface area contributed by atoms with Gasteiger partial charge in [-0.05, 0) is 18.8 Å². The first-order valence-corrected chi connectivity index (χ1v) is 6.79. The summed E-state index contributed by atoms with van der Waals surface area (Å²) in [6.45, 7) is 0. The smallest absolute Gasteiger partial charge is 0.305 e. The third kappa shape index (κ3) is 3.79. The highest BCUT2D eigenvalue weighted by atomic mass is 32.2. The lowest BCUT2D eigenvalue weighted by atomic mass is 9.93. The number of esters is 1. The zero-order valence-corrected chi connectivity index (χ0v) is 9.63. The van der Waals surface area contributed by atoms with E-state index in [9.17, 15) is 13.2 Å². The molecule has 2 N–H and O–H groups in total. The summed E-state index contributed by atoms with van der Waals surface area (Å²) in [6.07, 6.45) is 1.48. The summed E-state index contributed by atoms with van der Waals surface area (Å²) < 4.78 is 27.0. The number of carbonyl (C=O) groups excluding carboxylic acids is 1. The molecular weight excluding hydrogens is 218 g/mol. The molecule has 0 aliphatic carbocycles. The van der Waals surface area contributed by atoms with Gasteiger partial charge in [0.25, 0.3) is 0 Å². The van der Waals surface area contributed by atoms with Crippen molar-refractivity contribution >= 4 is 15.8 Å². The fraction of sp³-hybridized carbons (Fsp3) is 0.889. The van der Waals surface area contributed by atoms with Crippen LogP contribution in [-0.2, 0) is 19.4 Å². The molecule has 6 heteroatoms. The molecule has 0 aromatic rings. The minimum atomic E-state index is -2.95. The largest absolute Gasteiger partial charge is 0.469 e. The van der Waals surface area contributed by atoms with E-state index in [1.165, 1.54) is 7.11 Å². The number of rotatable bonds is 3. The minimum absolute atomic E-state index is 0.0405. The topological polar surface area (TPSA) is 86.5 Å². The van der Waals surface area contributed by atoms with E-state index in [4.69, 9.17) is 5.73 Å². The van der Waals surface area contributed by atoms with Gasteiger partial charge in [-0.3, -0.25) is 4.79 Å². The molecule has 1 aliphatic rings. The Bertz CT molecular complexity index is 325. The predicted octanol–water partition coefficient (Wildman–Crippen LogP) is -0.298. The van der Waals surface area contributed by atoms with Crippen molar-refractivity contribution < 1.29 is 17.9 Å². The summed E-state index contributed by atoms with van der Waals surface area (Å²) in [5.41, 5.74) is 5.75. The number of carbonyl (C=O) groups is 1. The highest BCUT2D eigenvalue weighted by Crippen LogP contribution is 2.22. The highest BCUT2D eigenvalue weighted by Gasteiger charge is 2.30. The van der Waals surface area contributed by atoms with E-state index >= 15 is 0 Å². The quantitative estimate of drug-likeness (QED) is 0.679. The van der Waals surface area contributed by atoms with Gasteiger partial charge in [-0.1, -0.05) is 0 Å². The van der Waals surface area contributed by atoms with E-state index in [1.807, 2.05) is 0 Å². The van der Waals surface area contributed by atoms with Crippen LogP contribution in [0.1, 0.15) is 19.3 Å². The summed E-state index contributed by atoms with van der Waals surface area (Å²) in [6, 6.07) is -0.339. The molecule has 0 aromatic heterocycles. The molecule has 5 nitrogen and oxygen atoms in total. The predicted molar refractivity (Wildman–Crippen MR) is 56.0 cm³/mol. The van der Waals surface area contributed by atoms with E-state index in [0.29, 0.717) is 19.3 Å². The first-order chi connectivity index (χ1) is 6.94. The Kier molecular flexibility index (Phi) is 4.10. The molecule has 1 heterocycles. The van der Waals surface area contributed by atoms with E-state index in [0.717, 1.165) is 0 Å². The summed E-state index contributed by atoms with van der Waals surface area (Å²) in [5.74, 6) is 0.0778. The molecule has 0 unspecified atom stereocenters. The van der Waals surface area contributed by atoms with Gasteiger partial charge in [-0.25, -0.2) is 8.42 Å². The summed E-state index contributed by atoms with van der Waals surface area (Å²) >= 11 is 0. The third-order valence-corrected chi connectivity index (χ3v) is 4.55. The fourth-order valence-corrected chi connectivity index (χ4v) is 3.51. The van der Waals surface area contributed by atoms with Crippen LogP contribution in [0.15, 0.2) is 0 Å². The molecule has 1 fully saturated rings. The van der Waals surface area contributed by atoms with Crippen molar-refractivity contribution in [3.8, 4) is 0 Å². The van der Waals surface area contributed by atoms with Crippen LogP contribution >= 0.6 is 0 Å². The summed E-state index contributed by atoms with van der Waals surface area (Å²) in [5, 5.41) is 0. The molecule has 0 radical (unpaired) electrons. The maximum atomic E-state index is 11.2. The van der Waals surface area contributed by atoms with Crippen molar-refractivity contribution in [2.45, 2.75) is 25.3 Å². The van der Waals surface area contributed by atoms with Crippen LogP contribution in [-0.4, -0.2) is 39.0 Å². The molecule has 1 aliphatic heterocycles. The van der Waals surface area contributed by atoms with Gasteiger partial charge in [0.2, 0.25) is 0 Å². The first-order valence-electron chi connectivity index (χ1n) is 4.97. The SMILES string of the molecule is COC(=O)CC[C@H]1CCS(=O)(=O)C[C@@H]1N. The Morgan fingerprint density at radius 1 is 1.53 bits per heavy atom. The monoisotopic (exact) mass is 235 g/mol. The van der Waals surface area contributed by atoms with Gasteiger partial charge in [-0.15, -0.1) is 0 Å². The Hall–Kier alpha value is -0.620. The van der Waals surface area contributed by atoms with Crippen molar-refractivity contribution in [3.05, 3.63) is 0 Å². The van der Waals surface area contributed by atoms with Crippen LogP contribution in [0.3, 0.4) is 0 Å². The zero-order valence-electron chi connectivity index (χ0n) is 8.81. The highest BCUT2D eigenvalue weighted by molar-refractivity contribution is 7.91. The van der Waals surface area contributed by atoms with E-state index in [1.54, 1.807) is 0 Å². The lowest BCUT2D eigenvalue weighted by Crippen LogP contribution is -2.43. The van der Waals surface area contributed by atoms with Crippen molar-refractivity contribution in [2.24, 2.45) is 11.7 Å². The van der Waals surface area contributed by atoms with Gasteiger partial charge >= 0.3 is 5.97 Å². The van der Waals surface area contributed by atoms with Crippen LogP contribution < -0.4 is 5.73 Å². The molecular formula is C9H17NO4S. The van der Waals surface area contributed by atoms with Crippen LogP contribution in [0.4, 0.5) is 0 Å². The Balaban J connectivity index is 2.42. The number of ether oxygens (including phenoxy) is 1. The summed E-state index contributed by atoms with van der Waals surface area (Å²) in [4.78, 5) is 10.9. The van der Waals surface area contributed by atoms with Crippen LogP contribution in [0.5, 0.6) is 0 Å². The van der Waals surface area contributed by atoms with Gasteiger partial charge in [0.05, 0.1) is 18.6 Å². The number of hydrogen-bond acceptors (Lipinski definition) is 5. The Labute approximate surface area is 89.9 Å². The first kappa shape index (κ1) is 12.4. The molecule has 2 atom stereocenters. The standard InChI is InChI=1S/C9H17NO4S/c1-14-9(11)3-2-7-4-5-15(12,13)6-8(7)10/h7-8H,2-6,10H2,1H3/t7-,8-/m0/s1.